The summed E-state index contributed by atoms with van der Waals surface area (Å²) in [5.74, 6) is 4.47. The number of nitro benzene ring substituents is 1. The van der Waals surface area contributed by atoms with Gasteiger partial charge in [-0.15, -0.1) is 0 Å². The quantitative estimate of drug-likeness (QED) is 0.339. The Bertz CT molecular complexity index is 590. The molecule has 0 spiro atoms. The maximum Gasteiger partial charge on any atom is 0.317 e. The van der Waals surface area contributed by atoms with Crippen LogP contribution in [0.25, 0.3) is 0 Å². The van der Waals surface area contributed by atoms with Gasteiger partial charge in [0.15, 0.2) is 0 Å². The number of nitro groups is 1. The molecule has 0 unspecified atom stereocenters. The van der Waals surface area contributed by atoms with Gasteiger partial charge in [0, 0.05) is 6.07 Å². The van der Waals surface area contributed by atoms with Crippen LogP contribution < -0.4 is 0 Å². The molecule has 0 saturated heterocycles. The van der Waals surface area contributed by atoms with E-state index >= 15 is 0 Å². The van der Waals surface area contributed by atoms with E-state index in [2.05, 4.69) is 16.6 Å². The molecule has 0 heterocycles. The zero-order chi connectivity index (χ0) is 13.5. The SMILES string of the molecule is COC(=O)CC#Cc1ccc(C#N)cc1[N+](=O)[O-]. The molecule has 6 heteroatoms. The molecule has 0 radical (unpaired) electrons. The average molecular weight is 244 g/mol. The van der Waals surface area contributed by atoms with Crippen molar-refractivity contribution in [2.24, 2.45) is 0 Å². The fraction of sp³-hybridized carbons (Fsp3) is 0.167. The summed E-state index contributed by atoms with van der Waals surface area (Å²) in [7, 11) is 1.23. The number of nitriles is 1. The molecule has 0 aliphatic heterocycles. The average Bonchev–Trinajstić information content (AvgIpc) is 2.38. The highest BCUT2D eigenvalue weighted by Gasteiger charge is 2.12. The molecule has 0 atom stereocenters. The molecule has 6 nitrogen and oxygen atoms in total. The summed E-state index contributed by atoms with van der Waals surface area (Å²) >= 11 is 0. The Morgan fingerprint density at radius 3 is 2.83 bits per heavy atom. The van der Waals surface area contributed by atoms with E-state index in [9.17, 15) is 14.9 Å². The van der Waals surface area contributed by atoms with Gasteiger partial charge in [-0.3, -0.25) is 14.9 Å². The monoisotopic (exact) mass is 244 g/mol. The molecule has 0 aliphatic carbocycles. The first-order valence-electron chi connectivity index (χ1n) is 4.82. The summed E-state index contributed by atoms with van der Waals surface area (Å²) in [6, 6.07) is 5.75. The van der Waals surface area contributed by atoms with Crippen molar-refractivity contribution in [3.8, 4) is 17.9 Å². The molecule has 0 fully saturated rings. The lowest BCUT2D eigenvalue weighted by molar-refractivity contribution is -0.385. The number of hydrogen-bond acceptors (Lipinski definition) is 5. The van der Waals surface area contributed by atoms with E-state index < -0.39 is 10.9 Å². The second-order valence-electron chi connectivity index (χ2n) is 3.16. The van der Waals surface area contributed by atoms with Gasteiger partial charge in [-0.2, -0.15) is 5.26 Å². The van der Waals surface area contributed by atoms with Crippen molar-refractivity contribution < 1.29 is 14.5 Å². The number of esters is 1. The lowest BCUT2D eigenvalue weighted by Gasteiger charge is -1.95. The predicted molar refractivity (Wildman–Crippen MR) is 61.3 cm³/mol. The Morgan fingerprint density at radius 2 is 2.28 bits per heavy atom. The molecule has 90 valence electrons. The number of hydrogen-bond donors (Lipinski definition) is 0. The molecule has 1 aromatic carbocycles. The van der Waals surface area contributed by atoms with Crippen molar-refractivity contribution in [3.05, 3.63) is 39.4 Å². The normalized spacial score (nSPS) is 8.67. The summed E-state index contributed by atoms with van der Waals surface area (Å²) in [6.45, 7) is 0. The second-order valence-corrected chi connectivity index (χ2v) is 3.16. The highest BCUT2D eigenvalue weighted by atomic mass is 16.6. The Morgan fingerprint density at radius 1 is 1.56 bits per heavy atom. The zero-order valence-electron chi connectivity index (χ0n) is 9.47. The number of rotatable bonds is 2. The number of methoxy groups -OCH3 is 1. The number of ether oxygens (including phenoxy) is 1. The van der Waals surface area contributed by atoms with Gasteiger partial charge in [0.05, 0.1) is 23.7 Å². The van der Waals surface area contributed by atoms with Crippen molar-refractivity contribution >= 4 is 11.7 Å². The lowest BCUT2D eigenvalue weighted by atomic mass is 10.1. The molecular weight excluding hydrogens is 236 g/mol. The minimum absolute atomic E-state index is 0.145. The smallest absolute Gasteiger partial charge is 0.317 e. The van der Waals surface area contributed by atoms with Crippen LogP contribution in [0.5, 0.6) is 0 Å². The lowest BCUT2D eigenvalue weighted by Crippen LogP contribution is -1.97. The molecule has 0 aromatic heterocycles. The Kier molecular flexibility index (Phi) is 4.42. The standard InChI is InChI=1S/C12H8N2O4/c1-18-12(15)4-2-3-10-6-5-9(8-13)7-11(10)14(16)17/h5-7H,4H2,1H3. The summed E-state index contributed by atoms with van der Waals surface area (Å²) in [4.78, 5) is 21.0. The van der Waals surface area contributed by atoms with Crippen molar-refractivity contribution in [2.45, 2.75) is 6.42 Å². The fourth-order valence-corrected chi connectivity index (χ4v) is 1.14. The maximum atomic E-state index is 10.8. The summed E-state index contributed by atoms with van der Waals surface area (Å²) < 4.78 is 4.38. The third kappa shape index (κ3) is 3.32. The number of benzene rings is 1. The molecule has 1 aromatic rings. The third-order valence-electron chi connectivity index (χ3n) is 2.01. The molecule has 0 N–H and O–H groups in total. The van der Waals surface area contributed by atoms with Gasteiger partial charge in [0.2, 0.25) is 0 Å². The van der Waals surface area contributed by atoms with Crippen molar-refractivity contribution in [1.29, 1.82) is 5.26 Å². The van der Waals surface area contributed by atoms with Gasteiger partial charge >= 0.3 is 5.97 Å². The number of carbonyl (C=O) groups is 1. The topological polar surface area (TPSA) is 93.2 Å². The van der Waals surface area contributed by atoms with E-state index in [0.717, 1.165) is 6.07 Å². The van der Waals surface area contributed by atoms with Crippen LogP contribution >= 0.6 is 0 Å². The highest BCUT2D eigenvalue weighted by Crippen LogP contribution is 2.18. The van der Waals surface area contributed by atoms with Crippen LogP contribution in [0.3, 0.4) is 0 Å². The Balaban J connectivity index is 3.06. The Hall–Kier alpha value is -2.86. The predicted octanol–water partition coefficient (Wildman–Crippen LogP) is 1.38. The summed E-state index contributed by atoms with van der Waals surface area (Å²) in [6.07, 6.45) is -0.145. The van der Waals surface area contributed by atoms with Gasteiger partial charge in [0.25, 0.3) is 5.69 Å². The second kappa shape index (κ2) is 6.02. The third-order valence-corrected chi connectivity index (χ3v) is 2.01. The van der Waals surface area contributed by atoms with E-state index in [1.807, 2.05) is 0 Å². The number of nitrogens with zero attached hydrogens (tertiary/aromatic N) is 2. The first kappa shape index (κ1) is 13.2. The molecule has 18 heavy (non-hydrogen) atoms. The van der Waals surface area contributed by atoms with Crippen LogP contribution in [0, 0.1) is 33.3 Å². The van der Waals surface area contributed by atoms with Gasteiger partial charge in [-0.1, -0.05) is 11.8 Å². The van der Waals surface area contributed by atoms with Crippen LogP contribution in [0.2, 0.25) is 0 Å². The summed E-state index contributed by atoms with van der Waals surface area (Å²) in [5, 5.41) is 19.4. The molecule has 0 bridgehead atoms. The van der Waals surface area contributed by atoms with E-state index in [0.29, 0.717) is 0 Å². The van der Waals surface area contributed by atoms with Gasteiger partial charge in [-0.05, 0) is 12.1 Å². The molecule has 0 amide bonds. The van der Waals surface area contributed by atoms with Crippen LogP contribution in [-0.4, -0.2) is 18.0 Å². The fourth-order valence-electron chi connectivity index (χ4n) is 1.14. The van der Waals surface area contributed by atoms with Gasteiger partial charge in [-0.25, -0.2) is 0 Å². The van der Waals surface area contributed by atoms with Crippen LogP contribution in [0.1, 0.15) is 17.5 Å². The first-order chi connectivity index (χ1) is 8.58. The zero-order valence-corrected chi connectivity index (χ0v) is 9.47. The van der Waals surface area contributed by atoms with E-state index in [1.165, 1.54) is 19.2 Å². The largest absolute Gasteiger partial charge is 0.468 e. The van der Waals surface area contributed by atoms with Crippen LogP contribution in [0.4, 0.5) is 5.69 Å². The van der Waals surface area contributed by atoms with Crippen molar-refractivity contribution in [3.63, 3.8) is 0 Å². The van der Waals surface area contributed by atoms with Crippen LogP contribution in [0.15, 0.2) is 18.2 Å². The minimum atomic E-state index is -0.622. The Labute approximate surface area is 103 Å². The molecule has 1 rings (SSSR count). The van der Waals surface area contributed by atoms with Gasteiger partial charge < -0.3 is 4.74 Å². The first-order valence-corrected chi connectivity index (χ1v) is 4.82. The van der Waals surface area contributed by atoms with Crippen LogP contribution in [-0.2, 0) is 9.53 Å². The molecule has 0 aliphatic rings. The summed E-state index contributed by atoms with van der Waals surface area (Å²) in [5.41, 5.74) is 0.0783. The van der Waals surface area contributed by atoms with E-state index in [4.69, 9.17) is 5.26 Å². The van der Waals surface area contributed by atoms with Gasteiger partial charge in [0.1, 0.15) is 12.0 Å². The highest BCUT2D eigenvalue weighted by molar-refractivity contribution is 5.72. The molecular formula is C12H8N2O4. The molecule has 0 saturated carbocycles. The maximum absolute atomic E-state index is 10.8. The minimum Gasteiger partial charge on any atom is -0.468 e. The van der Waals surface area contributed by atoms with Crippen molar-refractivity contribution in [2.75, 3.05) is 7.11 Å². The van der Waals surface area contributed by atoms with E-state index in [1.54, 1.807) is 6.07 Å². The van der Waals surface area contributed by atoms with Crippen molar-refractivity contribution in [1.82, 2.24) is 0 Å². The number of carbonyl (C=O) groups excluding carboxylic acids is 1. The van der Waals surface area contributed by atoms with E-state index in [-0.39, 0.29) is 23.2 Å².